The predicted octanol–water partition coefficient (Wildman–Crippen LogP) is 4.61. The number of ketones is 1. The summed E-state index contributed by atoms with van der Waals surface area (Å²) in [6, 6.07) is 11.4. The largest absolute Gasteiger partial charge is 0.456 e. The number of unbranched alkanes of at least 4 members (excludes halogenated alkanes) is 2. The van der Waals surface area contributed by atoms with Crippen molar-refractivity contribution in [3.05, 3.63) is 64.2 Å². The maximum atomic E-state index is 12.3. The van der Waals surface area contributed by atoms with Gasteiger partial charge in [-0.15, -0.1) is 0 Å². The molecule has 0 unspecified atom stereocenters. The molecule has 7 heteroatoms. The van der Waals surface area contributed by atoms with Crippen LogP contribution in [0, 0.1) is 20.8 Å². The van der Waals surface area contributed by atoms with Crippen LogP contribution in [-0.2, 0) is 25.5 Å². The van der Waals surface area contributed by atoms with Gasteiger partial charge in [0.25, 0.3) is 5.91 Å². The minimum Gasteiger partial charge on any atom is -0.456 e. The molecule has 0 bridgehead atoms. The summed E-state index contributed by atoms with van der Waals surface area (Å²) in [6.07, 6.45) is 4.35. The summed E-state index contributed by atoms with van der Waals surface area (Å²) in [5.74, 6) is -1.75. The van der Waals surface area contributed by atoms with Crippen LogP contribution in [-0.4, -0.2) is 36.7 Å². The first-order chi connectivity index (χ1) is 16.7. The number of carbonyl (C=O) groups excluding carboxylic acids is 4. The fourth-order valence-corrected chi connectivity index (χ4v) is 3.81. The molecule has 0 aliphatic heterocycles. The fraction of sp³-hybridized carbons (Fsp3) is 0.429. The molecule has 2 aromatic carbocycles. The number of Topliss-reactive ketones (excluding diaryl/α,β-unsaturated/α-hetero) is 1. The van der Waals surface area contributed by atoms with E-state index in [0.717, 1.165) is 41.6 Å². The van der Waals surface area contributed by atoms with E-state index in [0.29, 0.717) is 5.56 Å². The van der Waals surface area contributed by atoms with Gasteiger partial charge < -0.3 is 15.4 Å². The van der Waals surface area contributed by atoms with Gasteiger partial charge in [0.15, 0.2) is 12.4 Å². The quantitative estimate of drug-likeness (QED) is 0.248. The molecule has 2 N–H and O–H groups in total. The summed E-state index contributed by atoms with van der Waals surface area (Å²) >= 11 is 0. The van der Waals surface area contributed by atoms with Crippen molar-refractivity contribution in [2.45, 2.75) is 66.2 Å². The Bertz CT molecular complexity index is 1020. The van der Waals surface area contributed by atoms with Gasteiger partial charge in [0.05, 0.1) is 13.0 Å². The second-order valence-electron chi connectivity index (χ2n) is 8.84. The van der Waals surface area contributed by atoms with Crippen LogP contribution in [0.3, 0.4) is 0 Å². The summed E-state index contributed by atoms with van der Waals surface area (Å²) in [4.78, 5) is 48.4. The Morgan fingerprint density at radius 2 is 1.51 bits per heavy atom. The van der Waals surface area contributed by atoms with Crippen LogP contribution < -0.4 is 10.6 Å². The number of hydrogen-bond acceptors (Lipinski definition) is 5. The number of esters is 1. The number of amides is 2. The van der Waals surface area contributed by atoms with Gasteiger partial charge >= 0.3 is 5.97 Å². The van der Waals surface area contributed by atoms with Crippen molar-refractivity contribution < 1.29 is 23.9 Å². The van der Waals surface area contributed by atoms with Gasteiger partial charge in [0.1, 0.15) is 0 Å². The van der Waals surface area contributed by atoms with Crippen LogP contribution in [0.15, 0.2) is 36.4 Å². The van der Waals surface area contributed by atoms with Gasteiger partial charge in [-0.1, -0.05) is 61.7 Å². The second-order valence-corrected chi connectivity index (χ2v) is 8.84. The van der Waals surface area contributed by atoms with Gasteiger partial charge in [0, 0.05) is 17.7 Å². The topological polar surface area (TPSA) is 102 Å². The van der Waals surface area contributed by atoms with E-state index in [9.17, 15) is 19.2 Å². The van der Waals surface area contributed by atoms with Crippen LogP contribution in [0.1, 0.15) is 71.6 Å². The lowest BCUT2D eigenvalue weighted by Gasteiger charge is -2.13. The van der Waals surface area contributed by atoms with E-state index in [2.05, 4.69) is 17.6 Å². The van der Waals surface area contributed by atoms with Crippen molar-refractivity contribution in [1.29, 1.82) is 0 Å². The molecular formula is C28H36N2O5. The van der Waals surface area contributed by atoms with Crippen LogP contribution in [0.25, 0.3) is 0 Å². The van der Waals surface area contributed by atoms with E-state index < -0.39 is 18.5 Å². The zero-order valence-electron chi connectivity index (χ0n) is 21.2. The lowest BCUT2D eigenvalue weighted by atomic mass is 10.0. The van der Waals surface area contributed by atoms with E-state index in [1.54, 1.807) is 12.1 Å². The molecule has 0 saturated carbocycles. The van der Waals surface area contributed by atoms with E-state index >= 15 is 0 Å². The molecule has 0 radical (unpaired) electrons. The number of benzene rings is 2. The molecule has 0 saturated heterocycles. The number of hydrogen-bond donors (Lipinski definition) is 2. The molecule has 2 aromatic rings. The maximum absolute atomic E-state index is 12.3. The van der Waals surface area contributed by atoms with E-state index in [4.69, 9.17) is 4.74 Å². The Labute approximate surface area is 207 Å². The van der Waals surface area contributed by atoms with Crippen LogP contribution in [0.4, 0.5) is 5.69 Å². The highest BCUT2D eigenvalue weighted by Gasteiger charge is 2.14. The zero-order chi connectivity index (χ0) is 25.8. The average Bonchev–Trinajstić information content (AvgIpc) is 2.82. The van der Waals surface area contributed by atoms with Crippen LogP contribution >= 0.6 is 0 Å². The minimum absolute atomic E-state index is 0.00723. The van der Waals surface area contributed by atoms with Crippen molar-refractivity contribution in [3.63, 3.8) is 0 Å². The predicted molar refractivity (Wildman–Crippen MR) is 136 cm³/mol. The summed E-state index contributed by atoms with van der Waals surface area (Å²) < 4.78 is 4.93. The van der Waals surface area contributed by atoms with Crippen molar-refractivity contribution >= 4 is 29.3 Å². The van der Waals surface area contributed by atoms with E-state index in [-0.39, 0.29) is 31.1 Å². The number of ether oxygens (including phenoxy) is 1. The number of carbonyl (C=O) groups is 4. The number of anilines is 1. The third-order valence-corrected chi connectivity index (χ3v) is 5.65. The zero-order valence-corrected chi connectivity index (χ0v) is 21.2. The first-order valence-corrected chi connectivity index (χ1v) is 12.1. The lowest BCUT2D eigenvalue weighted by molar-refractivity contribution is -0.148. The van der Waals surface area contributed by atoms with Gasteiger partial charge in [-0.05, 0) is 50.3 Å². The molecular weight excluding hydrogens is 444 g/mol. The SMILES string of the molecule is CCCCCc1ccc(C(=O)CCC(=O)OCC(=O)NCC(=O)Nc2c(C)cc(C)cc2C)cc1. The smallest absolute Gasteiger partial charge is 0.306 e. The third-order valence-electron chi connectivity index (χ3n) is 5.65. The van der Waals surface area contributed by atoms with Gasteiger partial charge in [0.2, 0.25) is 5.91 Å². The molecule has 188 valence electrons. The Balaban J connectivity index is 1.67. The Kier molecular flexibility index (Phi) is 11.1. The Hall–Kier alpha value is -3.48. The van der Waals surface area contributed by atoms with Gasteiger partial charge in [-0.3, -0.25) is 19.2 Å². The number of rotatable bonds is 13. The highest BCUT2D eigenvalue weighted by Crippen LogP contribution is 2.21. The lowest BCUT2D eigenvalue weighted by Crippen LogP contribution is -2.35. The third kappa shape index (κ3) is 9.73. The van der Waals surface area contributed by atoms with Crippen molar-refractivity contribution in [3.8, 4) is 0 Å². The molecule has 0 aliphatic carbocycles. The van der Waals surface area contributed by atoms with Crippen LogP contribution in [0.2, 0.25) is 0 Å². The fourth-order valence-electron chi connectivity index (χ4n) is 3.81. The summed E-state index contributed by atoms with van der Waals surface area (Å²) in [6.45, 7) is 7.21. The van der Waals surface area contributed by atoms with Gasteiger partial charge in [-0.2, -0.15) is 0 Å². The molecule has 0 heterocycles. The molecule has 0 atom stereocenters. The molecule has 2 amide bonds. The van der Waals surface area contributed by atoms with Crippen molar-refractivity contribution in [2.75, 3.05) is 18.5 Å². The molecule has 0 aromatic heterocycles. The molecule has 0 fully saturated rings. The summed E-state index contributed by atoms with van der Waals surface area (Å²) in [5, 5.41) is 5.22. The molecule has 0 aliphatic rings. The van der Waals surface area contributed by atoms with E-state index in [1.807, 2.05) is 45.0 Å². The molecule has 2 rings (SSSR count). The monoisotopic (exact) mass is 480 g/mol. The average molecular weight is 481 g/mol. The number of aryl methyl sites for hydroxylation is 4. The van der Waals surface area contributed by atoms with Crippen molar-refractivity contribution in [2.24, 2.45) is 0 Å². The highest BCUT2D eigenvalue weighted by molar-refractivity contribution is 5.98. The Morgan fingerprint density at radius 3 is 2.14 bits per heavy atom. The summed E-state index contributed by atoms with van der Waals surface area (Å²) in [7, 11) is 0. The normalized spacial score (nSPS) is 10.5. The number of nitrogens with one attached hydrogen (secondary N) is 2. The molecule has 7 nitrogen and oxygen atoms in total. The maximum Gasteiger partial charge on any atom is 0.306 e. The van der Waals surface area contributed by atoms with E-state index in [1.165, 1.54) is 12.0 Å². The first kappa shape index (κ1) is 27.8. The second kappa shape index (κ2) is 14.0. The molecule has 35 heavy (non-hydrogen) atoms. The summed E-state index contributed by atoms with van der Waals surface area (Å²) in [5.41, 5.74) is 5.45. The highest BCUT2D eigenvalue weighted by atomic mass is 16.5. The van der Waals surface area contributed by atoms with Crippen molar-refractivity contribution in [1.82, 2.24) is 5.32 Å². The Morgan fingerprint density at radius 1 is 0.857 bits per heavy atom. The molecule has 0 spiro atoms. The first-order valence-electron chi connectivity index (χ1n) is 12.1. The standard InChI is InChI=1S/C28H36N2O5/c1-5-6-7-8-22-9-11-23(12-10-22)24(31)13-14-27(34)35-18-26(33)29-17-25(32)30-28-20(3)15-19(2)16-21(28)4/h9-12,15-16H,5-8,13-14,17-18H2,1-4H3,(H,29,33)(H,30,32). The van der Waals surface area contributed by atoms with Crippen LogP contribution in [0.5, 0.6) is 0 Å². The minimum atomic E-state index is -0.639. The van der Waals surface area contributed by atoms with Gasteiger partial charge in [-0.25, -0.2) is 0 Å².